The molecule has 0 amide bonds. The van der Waals surface area contributed by atoms with Crippen LogP contribution in [0.4, 0.5) is 5.69 Å². The number of rotatable bonds is 5. The summed E-state index contributed by atoms with van der Waals surface area (Å²) in [5.74, 6) is 1.79. The SMILES string of the molecule is COc1ccc(/C(C)=N\N2CCN(c3ccccc3OC)CC2)cc1. The Morgan fingerprint density at radius 1 is 0.880 bits per heavy atom. The van der Waals surface area contributed by atoms with Gasteiger partial charge in [0.2, 0.25) is 0 Å². The number of benzene rings is 2. The van der Waals surface area contributed by atoms with Crippen LogP contribution in [0.25, 0.3) is 0 Å². The fraction of sp³-hybridized carbons (Fsp3) is 0.350. The van der Waals surface area contributed by atoms with Gasteiger partial charge in [-0.2, -0.15) is 5.10 Å². The Labute approximate surface area is 149 Å². The van der Waals surface area contributed by atoms with E-state index in [9.17, 15) is 0 Å². The van der Waals surface area contributed by atoms with Crippen LogP contribution in [0.3, 0.4) is 0 Å². The Morgan fingerprint density at radius 2 is 1.56 bits per heavy atom. The minimum absolute atomic E-state index is 0.863. The van der Waals surface area contributed by atoms with Gasteiger partial charge in [0.05, 0.1) is 38.7 Å². The van der Waals surface area contributed by atoms with E-state index >= 15 is 0 Å². The predicted octanol–water partition coefficient (Wildman–Crippen LogP) is 3.25. The van der Waals surface area contributed by atoms with Gasteiger partial charge in [-0.15, -0.1) is 0 Å². The molecule has 1 aliphatic rings. The molecule has 1 saturated heterocycles. The van der Waals surface area contributed by atoms with Gasteiger partial charge >= 0.3 is 0 Å². The number of ether oxygens (including phenoxy) is 2. The lowest BCUT2D eigenvalue weighted by Crippen LogP contribution is -2.44. The average Bonchev–Trinajstić information content (AvgIpc) is 2.68. The molecule has 2 aromatic rings. The summed E-state index contributed by atoms with van der Waals surface area (Å²) in [5.41, 5.74) is 3.29. The number of hydrogen-bond acceptors (Lipinski definition) is 5. The highest BCUT2D eigenvalue weighted by Crippen LogP contribution is 2.28. The van der Waals surface area contributed by atoms with E-state index in [0.717, 1.165) is 54.6 Å². The Balaban J connectivity index is 1.63. The zero-order valence-corrected chi connectivity index (χ0v) is 15.1. The van der Waals surface area contributed by atoms with E-state index in [-0.39, 0.29) is 0 Å². The van der Waals surface area contributed by atoms with Crippen LogP contribution in [0.15, 0.2) is 53.6 Å². The van der Waals surface area contributed by atoms with Gasteiger partial charge in [-0.25, -0.2) is 0 Å². The molecule has 0 bridgehead atoms. The molecule has 0 N–H and O–H groups in total. The van der Waals surface area contributed by atoms with Gasteiger partial charge in [0.25, 0.3) is 0 Å². The molecule has 132 valence electrons. The second-order valence-electron chi connectivity index (χ2n) is 6.03. The molecule has 25 heavy (non-hydrogen) atoms. The maximum Gasteiger partial charge on any atom is 0.142 e. The van der Waals surface area contributed by atoms with Crippen molar-refractivity contribution in [2.75, 3.05) is 45.3 Å². The average molecular weight is 339 g/mol. The largest absolute Gasteiger partial charge is 0.497 e. The Bertz CT molecular complexity index is 720. The van der Waals surface area contributed by atoms with Crippen LogP contribution in [0.1, 0.15) is 12.5 Å². The fourth-order valence-electron chi connectivity index (χ4n) is 3.03. The fourth-order valence-corrected chi connectivity index (χ4v) is 3.03. The van der Waals surface area contributed by atoms with Gasteiger partial charge in [-0.05, 0) is 48.9 Å². The highest BCUT2D eigenvalue weighted by Gasteiger charge is 2.18. The third-order valence-corrected chi connectivity index (χ3v) is 4.48. The molecule has 0 spiro atoms. The topological polar surface area (TPSA) is 37.3 Å². The van der Waals surface area contributed by atoms with Crippen LogP contribution >= 0.6 is 0 Å². The monoisotopic (exact) mass is 339 g/mol. The Kier molecular flexibility index (Phi) is 5.43. The second kappa shape index (κ2) is 7.92. The molecule has 3 rings (SSSR count). The molecule has 1 heterocycles. The highest BCUT2D eigenvalue weighted by atomic mass is 16.5. The first-order valence-electron chi connectivity index (χ1n) is 8.54. The normalized spacial score (nSPS) is 15.2. The minimum atomic E-state index is 0.863. The summed E-state index contributed by atoms with van der Waals surface area (Å²) in [5, 5.41) is 6.93. The first-order chi connectivity index (χ1) is 12.2. The van der Waals surface area contributed by atoms with Crippen molar-refractivity contribution in [3.05, 3.63) is 54.1 Å². The first-order valence-corrected chi connectivity index (χ1v) is 8.54. The number of piperazine rings is 1. The summed E-state index contributed by atoms with van der Waals surface area (Å²) >= 11 is 0. The summed E-state index contributed by atoms with van der Waals surface area (Å²) in [6.07, 6.45) is 0. The third-order valence-electron chi connectivity index (χ3n) is 4.48. The molecular formula is C20H25N3O2. The van der Waals surface area contributed by atoms with Gasteiger partial charge < -0.3 is 14.4 Å². The van der Waals surface area contributed by atoms with Crippen molar-refractivity contribution in [3.63, 3.8) is 0 Å². The standard InChI is InChI=1S/C20H25N3O2/c1-16(17-8-10-18(24-2)11-9-17)21-23-14-12-22(13-15-23)19-6-4-5-7-20(19)25-3/h4-11H,12-15H2,1-3H3/b21-16-. The molecule has 0 aromatic heterocycles. The second-order valence-corrected chi connectivity index (χ2v) is 6.03. The highest BCUT2D eigenvalue weighted by molar-refractivity contribution is 5.98. The maximum absolute atomic E-state index is 5.47. The lowest BCUT2D eigenvalue weighted by atomic mass is 10.1. The molecular weight excluding hydrogens is 314 g/mol. The van der Waals surface area contributed by atoms with Crippen molar-refractivity contribution in [1.29, 1.82) is 0 Å². The van der Waals surface area contributed by atoms with Crippen molar-refractivity contribution < 1.29 is 9.47 Å². The van der Waals surface area contributed by atoms with Crippen LogP contribution in [0, 0.1) is 0 Å². The van der Waals surface area contributed by atoms with Crippen molar-refractivity contribution in [1.82, 2.24) is 5.01 Å². The number of methoxy groups -OCH3 is 2. The van der Waals surface area contributed by atoms with Gasteiger partial charge in [0, 0.05) is 13.1 Å². The number of hydrogen-bond donors (Lipinski definition) is 0. The van der Waals surface area contributed by atoms with E-state index in [1.165, 1.54) is 0 Å². The molecule has 5 heteroatoms. The number of anilines is 1. The zero-order chi connectivity index (χ0) is 17.6. The van der Waals surface area contributed by atoms with Crippen molar-refractivity contribution in [2.45, 2.75) is 6.92 Å². The minimum Gasteiger partial charge on any atom is -0.497 e. The summed E-state index contributed by atoms with van der Waals surface area (Å²) in [6.45, 7) is 5.70. The maximum atomic E-state index is 5.47. The van der Waals surface area contributed by atoms with E-state index in [1.807, 2.05) is 36.4 Å². The Hall–Kier alpha value is -2.69. The van der Waals surface area contributed by atoms with Crippen molar-refractivity contribution in [3.8, 4) is 11.5 Å². The van der Waals surface area contributed by atoms with Gasteiger partial charge in [-0.1, -0.05) is 12.1 Å². The molecule has 5 nitrogen and oxygen atoms in total. The molecule has 0 saturated carbocycles. The van der Waals surface area contributed by atoms with Crippen LogP contribution in [-0.4, -0.2) is 51.1 Å². The van der Waals surface area contributed by atoms with E-state index in [0.29, 0.717) is 0 Å². The van der Waals surface area contributed by atoms with Crippen LogP contribution in [0.2, 0.25) is 0 Å². The number of nitrogens with zero attached hydrogens (tertiary/aromatic N) is 3. The molecule has 0 aliphatic carbocycles. The van der Waals surface area contributed by atoms with Gasteiger partial charge in [0.15, 0.2) is 0 Å². The van der Waals surface area contributed by atoms with Gasteiger partial charge in [-0.3, -0.25) is 5.01 Å². The third kappa shape index (κ3) is 4.05. The van der Waals surface area contributed by atoms with Crippen LogP contribution in [0.5, 0.6) is 11.5 Å². The summed E-state index contributed by atoms with van der Waals surface area (Å²) in [4.78, 5) is 2.35. The van der Waals surface area contributed by atoms with Gasteiger partial charge in [0.1, 0.15) is 11.5 Å². The van der Waals surface area contributed by atoms with Crippen LogP contribution in [-0.2, 0) is 0 Å². The quantitative estimate of drug-likeness (QED) is 0.784. The van der Waals surface area contributed by atoms with E-state index in [2.05, 4.69) is 29.0 Å². The lowest BCUT2D eigenvalue weighted by molar-refractivity contribution is 0.269. The van der Waals surface area contributed by atoms with E-state index in [4.69, 9.17) is 14.6 Å². The van der Waals surface area contributed by atoms with E-state index < -0.39 is 0 Å². The predicted molar refractivity (Wildman–Crippen MR) is 102 cm³/mol. The van der Waals surface area contributed by atoms with Crippen LogP contribution < -0.4 is 14.4 Å². The number of hydrazone groups is 1. The zero-order valence-electron chi connectivity index (χ0n) is 15.1. The molecule has 0 atom stereocenters. The van der Waals surface area contributed by atoms with E-state index in [1.54, 1.807) is 14.2 Å². The summed E-state index contributed by atoms with van der Waals surface area (Å²) in [6, 6.07) is 16.2. The lowest BCUT2D eigenvalue weighted by Gasteiger charge is -2.35. The molecule has 2 aromatic carbocycles. The van der Waals surface area contributed by atoms with Crippen molar-refractivity contribution in [2.24, 2.45) is 5.10 Å². The Morgan fingerprint density at radius 3 is 2.20 bits per heavy atom. The molecule has 0 radical (unpaired) electrons. The molecule has 1 aliphatic heterocycles. The van der Waals surface area contributed by atoms with Crippen molar-refractivity contribution >= 4 is 11.4 Å². The molecule has 0 unspecified atom stereocenters. The summed E-state index contributed by atoms with van der Waals surface area (Å²) < 4.78 is 10.7. The first kappa shape index (κ1) is 17.1. The smallest absolute Gasteiger partial charge is 0.142 e. The molecule has 1 fully saturated rings. The number of para-hydroxylation sites is 2. The summed E-state index contributed by atoms with van der Waals surface area (Å²) in [7, 11) is 3.40.